The van der Waals surface area contributed by atoms with Crippen molar-refractivity contribution in [1.29, 1.82) is 0 Å². The number of halogens is 1. The van der Waals surface area contributed by atoms with Gasteiger partial charge in [0.1, 0.15) is 0 Å². The zero-order valence-corrected chi connectivity index (χ0v) is 19.0. The molecule has 5 nitrogen and oxygen atoms in total. The van der Waals surface area contributed by atoms with Crippen molar-refractivity contribution in [2.75, 3.05) is 39.1 Å². The van der Waals surface area contributed by atoms with E-state index >= 15 is 0 Å². The van der Waals surface area contributed by atoms with Crippen molar-refractivity contribution in [3.05, 3.63) is 65.2 Å². The van der Waals surface area contributed by atoms with Crippen LogP contribution in [0.2, 0.25) is 0 Å². The number of likely N-dealkylation sites (N-methyl/N-ethyl adjacent to an activating group) is 1. The van der Waals surface area contributed by atoms with Gasteiger partial charge in [0.05, 0.1) is 5.69 Å². The normalized spacial score (nSPS) is 13.3. The van der Waals surface area contributed by atoms with Gasteiger partial charge in [0.15, 0.2) is 5.78 Å². The summed E-state index contributed by atoms with van der Waals surface area (Å²) < 4.78 is 0. The fraction of sp³-hybridized carbons (Fsp3) is 0.417. The molecule has 1 heterocycles. The lowest BCUT2D eigenvalue weighted by Gasteiger charge is -2.32. The average Bonchev–Trinajstić information content (AvgIpc) is 2.74. The molecule has 30 heavy (non-hydrogen) atoms. The first-order chi connectivity index (χ1) is 14.0. The highest BCUT2D eigenvalue weighted by Crippen LogP contribution is 2.28. The van der Waals surface area contributed by atoms with Crippen LogP contribution < -0.4 is 4.90 Å². The van der Waals surface area contributed by atoms with E-state index in [0.717, 1.165) is 49.2 Å². The van der Waals surface area contributed by atoms with Crippen molar-refractivity contribution in [3.63, 3.8) is 0 Å². The number of fused-ring (bicyclic) bond motifs is 1. The van der Waals surface area contributed by atoms with Gasteiger partial charge in [-0.3, -0.25) is 9.69 Å². The number of carbonyl (C=O) groups is 2. The fourth-order valence-corrected chi connectivity index (χ4v) is 3.78. The number of carbonyl (C=O) groups excluding carboxylic acids is 2. The van der Waals surface area contributed by atoms with Gasteiger partial charge in [-0.2, -0.15) is 0 Å². The smallest absolute Gasteiger partial charge is 0.323 e. The first kappa shape index (κ1) is 23.9. The number of urea groups is 1. The van der Waals surface area contributed by atoms with Crippen molar-refractivity contribution in [3.8, 4) is 0 Å². The third-order valence-electron chi connectivity index (χ3n) is 5.60. The predicted octanol–water partition coefficient (Wildman–Crippen LogP) is 4.64. The Labute approximate surface area is 186 Å². The molecule has 0 saturated carbocycles. The topological polar surface area (TPSA) is 43.9 Å². The maximum Gasteiger partial charge on any atom is 0.324 e. The Morgan fingerprint density at radius 1 is 1.03 bits per heavy atom. The molecule has 0 saturated heterocycles. The number of benzene rings is 2. The van der Waals surface area contributed by atoms with Crippen LogP contribution >= 0.6 is 12.4 Å². The largest absolute Gasteiger partial charge is 0.324 e. The maximum absolute atomic E-state index is 12.6. The minimum absolute atomic E-state index is 0. The molecule has 0 fully saturated rings. The highest BCUT2D eigenvalue weighted by atomic mass is 35.5. The molecule has 3 rings (SSSR count). The van der Waals surface area contributed by atoms with Crippen molar-refractivity contribution in [1.82, 2.24) is 9.80 Å². The van der Waals surface area contributed by atoms with Crippen LogP contribution in [0.25, 0.3) is 0 Å². The summed E-state index contributed by atoms with van der Waals surface area (Å²) in [4.78, 5) is 30.3. The molecule has 0 bridgehead atoms. The highest BCUT2D eigenvalue weighted by molar-refractivity contribution is 5.99. The van der Waals surface area contributed by atoms with E-state index in [2.05, 4.69) is 36.2 Å². The van der Waals surface area contributed by atoms with Crippen LogP contribution in [-0.4, -0.2) is 55.8 Å². The van der Waals surface area contributed by atoms with Crippen LogP contribution in [-0.2, 0) is 13.0 Å². The second-order valence-corrected chi connectivity index (χ2v) is 7.96. The number of anilines is 1. The van der Waals surface area contributed by atoms with Crippen LogP contribution in [0.4, 0.5) is 10.5 Å². The van der Waals surface area contributed by atoms with Gasteiger partial charge in [0.2, 0.25) is 0 Å². The predicted molar refractivity (Wildman–Crippen MR) is 125 cm³/mol. The molecule has 0 spiro atoms. The Morgan fingerprint density at radius 2 is 1.77 bits per heavy atom. The van der Waals surface area contributed by atoms with Crippen molar-refractivity contribution in [2.45, 2.75) is 32.2 Å². The number of ketones is 1. The highest BCUT2D eigenvalue weighted by Gasteiger charge is 2.25. The second-order valence-electron chi connectivity index (χ2n) is 7.96. The Kier molecular flexibility index (Phi) is 8.88. The van der Waals surface area contributed by atoms with E-state index in [1.807, 2.05) is 24.3 Å². The summed E-state index contributed by atoms with van der Waals surface area (Å²) in [5.74, 6) is 0.182. The molecule has 2 aromatic carbocycles. The molecular formula is C24H32ClN3O2. The number of unbranched alkanes of at least 4 members (excludes halogenated alkanes) is 1. The summed E-state index contributed by atoms with van der Waals surface area (Å²) in [6.07, 6.45) is 3.53. The molecular weight excluding hydrogens is 398 g/mol. The lowest BCUT2D eigenvalue weighted by Crippen LogP contribution is -2.42. The van der Waals surface area contributed by atoms with E-state index in [1.54, 1.807) is 23.9 Å². The summed E-state index contributed by atoms with van der Waals surface area (Å²) in [6, 6.07) is 16.2. The number of amides is 2. The third kappa shape index (κ3) is 6.07. The van der Waals surface area contributed by atoms with E-state index in [-0.39, 0.29) is 24.2 Å². The molecule has 0 unspecified atom stereocenters. The molecule has 162 valence electrons. The zero-order chi connectivity index (χ0) is 20.8. The second kappa shape index (κ2) is 11.1. The number of hydrogen-bond donors (Lipinski definition) is 0. The SMILES string of the molecule is CN(CCCCC(=O)c1ccc2c(c1)CN(C)C(=O)N2C)CCc1ccccc1.Cl. The quantitative estimate of drug-likeness (QED) is 0.431. The van der Waals surface area contributed by atoms with Crippen LogP contribution in [0.1, 0.15) is 40.7 Å². The molecule has 0 N–H and O–H groups in total. The van der Waals surface area contributed by atoms with E-state index < -0.39 is 0 Å². The molecule has 1 aliphatic heterocycles. The van der Waals surface area contributed by atoms with Crippen LogP contribution in [0, 0.1) is 0 Å². The molecule has 1 aliphatic rings. The lowest BCUT2D eigenvalue weighted by molar-refractivity contribution is 0.0978. The summed E-state index contributed by atoms with van der Waals surface area (Å²) in [7, 11) is 5.69. The fourth-order valence-electron chi connectivity index (χ4n) is 3.78. The molecule has 0 radical (unpaired) electrons. The minimum Gasteiger partial charge on any atom is -0.323 e. The summed E-state index contributed by atoms with van der Waals surface area (Å²) in [5.41, 5.74) is 4.03. The Bertz CT molecular complexity index is 857. The molecule has 6 heteroatoms. The Morgan fingerprint density at radius 3 is 2.50 bits per heavy atom. The van der Waals surface area contributed by atoms with E-state index in [0.29, 0.717) is 13.0 Å². The zero-order valence-electron chi connectivity index (χ0n) is 18.1. The van der Waals surface area contributed by atoms with Gasteiger partial charge in [-0.15, -0.1) is 12.4 Å². The van der Waals surface area contributed by atoms with Crippen LogP contribution in [0.5, 0.6) is 0 Å². The van der Waals surface area contributed by atoms with Gasteiger partial charge in [-0.25, -0.2) is 4.79 Å². The van der Waals surface area contributed by atoms with Crippen LogP contribution in [0.15, 0.2) is 48.5 Å². The first-order valence-electron chi connectivity index (χ1n) is 10.3. The summed E-state index contributed by atoms with van der Waals surface area (Å²) in [6.45, 7) is 2.58. The number of nitrogens with zero attached hydrogens (tertiary/aromatic N) is 3. The molecule has 0 aliphatic carbocycles. The van der Waals surface area contributed by atoms with Gasteiger partial charge >= 0.3 is 6.03 Å². The van der Waals surface area contributed by atoms with Gasteiger partial charge < -0.3 is 9.80 Å². The lowest BCUT2D eigenvalue weighted by atomic mass is 10.00. The number of Topliss-reactive ketones (excluding diaryl/α,β-unsaturated/α-hetero) is 1. The molecule has 0 atom stereocenters. The Hall–Kier alpha value is -2.37. The number of hydrogen-bond acceptors (Lipinski definition) is 3. The van der Waals surface area contributed by atoms with Gasteiger partial charge in [0, 0.05) is 39.2 Å². The minimum atomic E-state index is -0.0204. The molecule has 2 amide bonds. The monoisotopic (exact) mass is 429 g/mol. The molecule has 0 aromatic heterocycles. The van der Waals surface area contributed by atoms with Crippen molar-refractivity contribution >= 4 is 29.9 Å². The van der Waals surface area contributed by atoms with E-state index in [9.17, 15) is 9.59 Å². The average molecular weight is 430 g/mol. The van der Waals surface area contributed by atoms with Crippen molar-refractivity contribution in [2.24, 2.45) is 0 Å². The molecule has 2 aromatic rings. The van der Waals surface area contributed by atoms with E-state index in [4.69, 9.17) is 0 Å². The first-order valence-corrected chi connectivity index (χ1v) is 10.3. The van der Waals surface area contributed by atoms with Gasteiger partial charge in [-0.1, -0.05) is 30.3 Å². The summed E-state index contributed by atoms with van der Waals surface area (Å²) >= 11 is 0. The maximum atomic E-state index is 12.6. The van der Waals surface area contributed by atoms with Gasteiger partial charge in [-0.05, 0) is 62.2 Å². The van der Waals surface area contributed by atoms with E-state index in [1.165, 1.54) is 5.56 Å². The van der Waals surface area contributed by atoms with Crippen LogP contribution in [0.3, 0.4) is 0 Å². The van der Waals surface area contributed by atoms with Crippen molar-refractivity contribution < 1.29 is 9.59 Å². The standard InChI is InChI=1S/C24H31N3O2.ClH/c1-25(16-14-19-9-5-4-6-10-19)15-8-7-11-23(28)20-12-13-22-21(17-20)18-26(2)24(29)27(22)3;/h4-6,9-10,12-13,17H,7-8,11,14-16,18H2,1-3H3;1H. The Balaban J connectivity index is 0.00000320. The third-order valence-corrected chi connectivity index (χ3v) is 5.60. The number of rotatable bonds is 9. The van der Waals surface area contributed by atoms with Gasteiger partial charge in [0.25, 0.3) is 0 Å². The summed E-state index contributed by atoms with van der Waals surface area (Å²) in [5, 5.41) is 0.